The Kier molecular flexibility index (Phi) is 16.6. The molecule has 0 atom stereocenters. The standard InChI is InChI=1S/C114H80N2O2/c1-113(2)99-53-23-21-45-89(99)97-69-79(60-65-100(97)113)78-40-26-42-83(68-78)115(105-56-29-51-95-92-46-22-24-58-107(92)117-111(95)105)103-54-27-50-88(76-37-15-8-16-38-76)110(103)94-48-20-18-44-86(94)82-41-25-39-77(67-82)80-61-66-108-98(70-80)96-52-30-57-106(112(96)118-108)116(84-62-64-91-90-63-59-81(73-31-9-5-10-32-73)71-101(90)114(3,4)102(91)72-84)104-55-28-49-87(75-35-13-7-14-36-75)109(104)93-47-19-17-43-85(93)74-33-11-6-12-34-74/h5-72H,1-4H3. The van der Waals surface area contributed by atoms with E-state index in [0.29, 0.717) is 0 Å². The van der Waals surface area contributed by atoms with Gasteiger partial charge in [-0.1, -0.05) is 355 Å². The number of benzene rings is 18. The molecule has 0 aliphatic heterocycles. The first-order valence-electron chi connectivity index (χ1n) is 40.9. The summed E-state index contributed by atoms with van der Waals surface area (Å²) in [6.45, 7) is 9.48. The summed E-state index contributed by atoms with van der Waals surface area (Å²) in [6, 6.07) is 152. The quantitative estimate of drug-likeness (QED) is 0.102. The molecule has 0 unspecified atom stereocenters. The third-order valence-electron chi connectivity index (χ3n) is 25.1. The van der Waals surface area contributed by atoms with Gasteiger partial charge in [0.2, 0.25) is 0 Å². The molecule has 0 fully saturated rings. The molecule has 0 spiro atoms. The van der Waals surface area contributed by atoms with Gasteiger partial charge in [0.25, 0.3) is 0 Å². The van der Waals surface area contributed by atoms with Crippen molar-refractivity contribution in [3.05, 3.63) is 435 Å². The van der Waals surface area contributed by atoms with E-state index in [9.17, 15) is 0 Å². The Morgan fingerprint density at radius 1 is 0.186 bits per heavy atom. The van der Waals surface area contributed by atoms with Gasteiger partial charge in [-0.05, 0) is 218 Å². The Hall–Kier alpha value is -14.8. The number of anilines is 6. The zero-order valence-electron chi connectivity index (χ0n) is 66.0. The van der Waals surface area contributed by atoms with E-state index in [1.807, 2.05) is 0 Å². The van der Waals surface area contributed by atoms with Crippen molar-refractivity contribution < 1.29 is 8.83 Å². The van der Waals surface area contributed by atoms with Crippen molar-refractivity contribution in [2.75, 3.05) is 9.80 Å². The van der Waals surface area contributed by atoms with Gasteiger partial charge in [0.1, 0.15) is 11.2 Å². The monoisotopic (exact) mass is 1510 g/mol. The van der Waals surface area contributed by atoms with Crippen molar-refractivity contribution in [2.45, 2.75) is 38.5 Å². The number of hydrogen-bond donors (Lipinski definition) is 0. The fraction of sp³-hybridized carbons (Fsp3) is 0.0526. The summed E-state index contributed by atoms with van der Waals surface area (Å²) in [6.07, 6.45) is 0. The van der Waals surface area contributed by atoms with Crippen LogP contribution in [0.5, 0.6) is 0 Å². The molecule has 18 aromatic carbocycles. The van der Waals surface area contributed by atoms with E-state index in [2.05, 4.69) is 450 Å². The van der Waals surface area contributed by atoms with Gasteiger partial charge in [0.05, 0.1) is 22.7 Å². The summed E-state index contributed by atoms with van der Waals surface area (Å²) < 4.78 is 14.5. The van der Waals surface area contributed by atoms with E-state index in [4.69, 9.17) is 8.83 Å². The zero-order chi connectivity index (χ0) is 78.7. The van der Waals surface area contributed by atoms with Gasteiger partial charge in [0, 0.05) is 54.9 Å². The number of para-hydroxylation sites is 3. The number of furan rings is 2. The van der Waals surface area contributed by atoms with Crippen molar-refractivity contribution in [1.29, 1.82) is 0 Å². The van der Waals surface area contributed by atoms with Crippen LogP contribution in [0.25, 0.3) is 166 Å². The minimum atomic E-state index is -0.333. The molecule has 0 N–H and O–H groups in total. The van der Waals surface area contributed by atoms with E-state index < -0.39 is 0 Å². The van der Waals surface area contributed by atoms with Gasteiger partial charge in [0.15, 0.2) is 11.2 Å². The summed E-state index contributed by atoms with van der Waals surface area (Å²) in [5.41, 5.74) is 39.4. The fourth-order valence-corrected chi connectivity index (χ4v) is 19.4. The van der Waals surface area contributed by atoms with Crippen molar-refractivity contribution in [3.8, 4) is 122 Å². The minimum absolute atomic E-state index is 0.110. The van der Waals surface area contributed by atoms with Crippen LogP contribution < -0.4 is 9.80 Å². The molecule has 118 heavy (non-hydrogen) atoms. The second-order valence-corrected chi connectivity index (χ2v) is 32.5. The first kappa shape index (κ1) is 69.8. The van der Waals surface area contributed by atoms with Crippen LogP contribution in [0.2, 0.25) is 0 Å². The fourth-order valence-electron chi connectivity index (χ4n) is 19.4. The van der Waals surface area contributed by atoms with Crippen molar-refractivity contribution in [1.82, 2.24) is 0 Å². The van der Waals surface area contributed by atoms with E-state index in [-0.39, 0.29) is 10.8 Å². The van der Waals surface area contributed by atoms with Crippen LogP contribution in [0.1, 0.15) is 49.9 Å². The molecule has 20 aromatic rings. The van der Waals surface area contributed by atoms with Crippen LogP contribution in [-0.2, 0) is 10.8 Å². The Bertz CT molecular complexity index is 7370. The Morgan fingerprint density at radius 2 is 0.559 bits per heavy atom. The summed E-state index contributed by atoms with van der Waals surface area (Å²) in [4.78, 5) is 4.93. The average molecular weight is 1510 g/mol. The third-order valence-corrected chi connectivity index (χ3v) is 25.1. The zero-order valence-corrected chi connectivity index (χ0v) is 66.0. The SMILES string of the molecule is CC1(C)c2ccccc2-c2cc(-c3cccc(N(c4cccc(-c5ccccc5)c4-c4ccccc4-c4cccc(-c5ccc6oc7c(N(c8ccc9c(c8)C(C)(C)c8cc(-c%10ccccc%10)ccc8-9)c8cccc(-c9ccccc9)c8-c8ccccc8-c8ccccc8)cccc7c6c5)c4)c4cccc5c4oc4ccccc45)c3)ccc21. The lowest BCUT2D eigenvalue weighted by molar-refractivity contribution is 0.660. The van der Waals surface area contributed by atoms with Gasteiger partial charge < -0.3 is 18.6 Å². The summed E-state index contributed by atoms with van der Waals surface area (Å²) in [5.74, 6) is 0. The minimum Gasteiger partial charge on any atom is -0.454 e. The largest absolute Gasteiger partial charge is 0.454 e. The number of rotatable bonds is 15. The van der Waals surface area contributed by atoms with E-state index >= 15 is 0 Å². The van der Waals surface area contributed by atoms with Crippen LogP contribution in [0, 0.1) is 0 Å². The lowest BCUT2D eigenvalue weighted by Crippen LogP contribution is -2.17. The summed E-state index contributed by atoms with van der Waals surface area (Å²) in [7, 11) is 0. The second-order valence-electron chi connectivity index (χ2n) is 32.5. The van der Waals surface area contributed by atoms with Crippen molar-refractivity contribution in [3.63, 3.8) is 0 Å². The summed E-state index contributed by atoms with van der Waals surface area (Å²) >= 11 is 0. The predicted octanol–water partition coefficient (Wildman–Crippen LogP) is 32.0. The molecule has 0 saturated carbocycles. The Morgan fingerprint density at radius 3 is 1.19 bits per heavy atom. The molecule has 0 amide bonds. The molecule has 0 bridgehead atoms. The average Bonchev–Trinajstić information content (AvgIpc) is 1.59. The molecular formula is C114H80N2O2. The highest BCUT2D eigenvalue weighted by Gasteiger charge is 2.39. The highest BCUT2D eigenvalue weighted by atomic mass is 16.3. The molecule has 22 rings (SSSR count). The maximum absolute atomic E-state index is 7.44. The molecule has 2 aliphatic rings. The summed E-state index contributed by atoms with van der Waals surface area (Å²) in [5, 5.41) is 4.18. The smallest absolute Gasteiger partial charge is 0.159 e. The van der Waals surface area contributed by atoms with Crippen molar-refractivity contribution in [2.24, 2.45) is 0 Å². The molecule has 0 radical (unpaired) electrons. The van der Waals surface area contributed by atoms with Crippen LogP contribution in [0.15, 0.2) is 421 Å². The molecule has 4 heteroatoms. The van der Waals surface area contributed by atoms with E-state index in [1.54, 1.807) is 0 Å². The molecule has 2 heterocycles. The molecule has 558 valence electrons. The first-order chi connectivity index (χ1) is 58.1. The van der Waals surface area contributed by atoms with Gasteiger partial charge in [-0.15, -0.1) is 0 Å². The predicted molar refractivity (Wildman–Crippen MR) is 494 cm³/mol. The lowest BCUT2D eigenvalue weighted by atomic mass is 9.81. The van der Waals surface area contributed by atoms with Crippen LogP contribution in [-0.4, -0.2) is 0 Å². The Labute approximate surface area is 687 Å². The number of nitrogens with zero attached hydrogens (tertiary/aromatic N) is 2. The topological polar surface area (TPSA) is 32.8 Å². The second kappa shape index (κ2) is 28.0. The first-order valence-corrected chi connectivity index (χ1v) is 40.9. The molecule has 2 aromatic heterocycles. The van der Waals surface area contributed by atoms with Gasteiger partial charge >= 0.3 is 0 Å². The third kappa shape index (κ3) is 11.5. The normalized spacial score (nSPS) is 12.9. The Balaban J connectivity index is 0.699. The lowest BCUT2D eigenvalue weighted by Gasteiger charge is -2.31. The molecule has 2 aliphatic carbocycles. The van der Waals surface area contributed by atoms with Gasteiger partial charge in [-0.2, -0.15) is 0 Å². The highest BCUT2D eigenvalue weighted by molar-refractivity contribution is 6.15. The van der Waals surface area contributed by atoms with Crippen LogP contribution in [0.4, 0.5) is 34.1 Å². The van der Waals surface area contributed by atoms with Gasteiger partial charge in [-0.25, -0.2) is 0 Å². The maximum atomic E-state index is 7.44. The number of hydrogen-bond acceptors (Lipinski definition) is 4. The van der Waals surface area contributed by atoms with Crippen LogP contribution in [0.3, 0.4) is 0 Å². The maximum Gasteiger partial charge on any atom is 0.159 e. The molecule has 0 saturated heterocycles. The van der Waals surface area contributed by atoms with E-state index in [0.717, 1.165) is 167 Å². The molecule has 4 nitrogen and oxygen atoms in total. The number of fused-ring (bicyclic) bond motifs is 12. The molecular weight excluding hydrogens is 1430 g/mol. The van der Waals surface area contributed by atoms with Crippen LogP contribution >= 0.6 is 0 Å². The van der Waals surface area contributed by atoms with E-state index in [1.165, 1.54) is 55.6 Å². The highest BCUT2D eigenvalue weighted by Crippen LogP contribution is 2.57. The van der Waals surface area contributed by atoms with Gasteiger partial charge in [-0.3, -0.25) is 0 Å². The van der Waals surface area contributed by atoms with Crippen molar-refractivity contribution >= 4 is 78.0 Å².